The molecule has 0 spiro atoms. The quantitative estimate of drug-likeness (QED) is 0.462. The molecule has 0 aliphatic carbocycles. The molecule has 2 N–H and O–H groups in total. The van der Waals surface area contributed by atoms with Crippen LogP contribution < -0.4 is 15.4 Å². The first-order valence-electron chi connectivity index (χ1n) is 8.76. The molecule has 0 aliphatic heterocycles. The molecule has 0 aliphatic rings. The van der Waals surface area contributed by atoms with E-state index < -0.39 is 0 Å². The average molecular weight is 465 g/mol. The predicted molar refractivity (Wildman–Crippen MR) is 116 cm³/mol. The maximum absolute atomic E-state index is 12.6. The Bertz CT molecular complexity index is 856. The zero-order valence-electron chi connectivity index (χ0n) is 15.6. The first kappa shape index (κ1) is 21.8. The van der Waals surface area contributed by atoms with E-state index in [0.29, 0.717) is 35.8 Å². The van der Waals surface area contributed by atoms with E-state index in [0.717, 1.165) is 10.9 Å². The Kier molecular flexibility index (Phi) is 8.41. The molecule has 148 valence electrons. The topological polar surface area (TPSA) is 76.7 Å². The molecule has 0 heterocycles. The van der Waals surface area contributed by atoms with Gasteiger partial charge in [0.15, 0.2) is 5.11 Å². The maximum Gasteiger partial charge on any atom is 0.338 e. The molecular weight excluding hydrogens is 444 g/mol. The van der Waals surface area contributed by atoms with Crippen LogP contribution in [0.2, 0.25) is 0 Å². The van der Waals surface area contributed by atoms with Gasteiger partial charge in [0.2, 0.25) is 0 Å². The van der Waals surface area contributed by atoms with Gasteiger partial charge >= 0.3 is 5.97 Å². The monoisotopic (exact) mass is 464 g/mol. The third kappa shape index (κ3) is 6.31. The summed E-state index contributed by atoms with van der Waals surface area (Å²) in [5.41, 5.74) is 1.45. The lowest BCUT2D eigenvalue weighted by Gasteiger charge is -2.13. The fourth-order valence-electron chi connectivity index (χ4n) is 2.25. The molecule has 8 heteroatoms. The summed E-state index contributed by atoms with van der Waals surface area (Å²) >= 11 is 8.58. The lowest BCUT2D eigenvalue weighted by molar-refractivity contribution is 0.0526. The molecule has 2 rings (SSSR count). The first-order chi connectivity index (χ1) is 13.4. The van der Waals surface area contributed by atoms with E-state index in [4.69, 9.17) is 21.7 Å². The van der Waals surface area contributed by atoms with Gasteiger partial charge in [0.1, 0.15) is 5.75 Å². The largest absolute Gasteiger partial charge is 0.493 e. The Morgan fingerprint density at radius 2 is 1.82 bits per heavy atom. The number of ether oxygens (including phenoxy) is 2. The van der Waals surface area contributed by atoms with E-state index >= 15 is 0 Å². The summed E-state index contributed by atoms with van der Waals surface area (Å²) in [7, 11) is 0. The molecule has 2 aromatic carbocycles. The Morgan fingerprint density at radius 3 is 2.46 bits per heavy atom. The van der Waals surface area contributed by atoms with Crippen molar-refractivity contribution in [2.75, 3.05) is 18.5 Å². The van der Waals surface area contributed by atoms with Gasteiger partial charge < -0.3 is 14.8 Å². The number of thiocarbonyl (C=S) groups is 1. The third-order valence-corrected chi connectivity index (χ3v) is 4.23. The van der Waals surface area contributed by atoms with Crippen LogP contribution in [0.25, 0.3) is 0 Å². The van der Waals surface area contributed by atoms with Crippen molar-refractivity contribution in [3.8, 4) is 5.75 Å². The third-order valence-electron chi connectivity index (χ3n) is 3.53. The van der Waals surface area contributed by atoms with Crippen molar-refractivity contribution < 1.29 is 19.1 Å². The highest BCUT2D eigenvalue weighted by Gasteiger charge is 2.15. The van der Waals surface area contributed by atoms with Gasteiger partial charge in [0.05, 0.1) is 24.3 Å². The molecule has 1 amide bonds. The average Bonchev–Trinajstić information content (AvgIpc) is 2.67. The molecule has 0 fully saturated rings. The van der Waals surface area contributed by atoms with Crippen molar-refractivity contribution in [1.82, 2.24) is 5.32 Å². The van der Waals surface area contributed by atoms with Gasteiger partial charge in [-0.15, -0.1) is 0 Å². The number of halogens is 1. The molecule has 28 heavy (non-hydrogen) atoms. The van der Waals surface area contributed by atoms with Crippen LogP contribution in [0.5, 0.6) is 5.75 Å². The van der Waals surface area contributed by atoms with Crippen LogP contribution in [0.4, 0.5) is 5.69 Å². The minimum Gasteiger partial charge on any atom is -0.493 e. The number of anilines is 1. The SMILES string of the molecule is CCCOc1ccc(Br)cc1C(=O)NC(=S)Nc1ccc(C(=O)OCC)cc1. The number of carbonyl (C=O) groups excluding carboxylic acids is 2. The molecule has 0 saturated carbocycles. The van der Waals surface area contributed by atoms with Gasteiger partial charge in [-0.2, -0.15) is 0 Å². The summed E-state index contributed by atoms with van der Waals surface area (Å²) in [5, 5.41) is 5.68. The van der Waals surface area contributed by atoms with Gasteiger partial charge in [-0.3, -0.25) is 10.1 Å². The molecule has 6 nitrogen and oxygen atoms in total. The van der Waals surface area contributed by atoms with Crippen molar-refractivity contribution in [3.63, 3.8) is 0 Å². The van der Waals surface area contributed by atoms with Gasteiger partial charge in [-0.25, -0.2) is 4.79 Å². The number of hydrogen-bond donors (Lipinski definition) is 2. The molecule has 0 radical (unpaired) electrons. The minimum absolute atomic E-state index is 0.135. The number of rotatable bonds is 7. The second kappa shape index (κ2) is 10.8. The molecule has 0 atom stereocenters. The number of amides is 1. The lowest BCUT2D eigenvalue weighted by atomic mass is 10.2. The second-order valence-electron chi connectivity index (χ2n) is 5.70. The van der Waals surface area contributed by atoms with Crippen LogP contribution in [0.3, 0.4) is 0 Å². The molecule has 0 aromatic heterocycles. The van der Waals surface area contributed by atoms with Gasteiger partial charge in [0, 0.05) is 10.2 Å². The normalized spacial score (nSPS) is 10.1. The fourth-order valence-corrected chi connectivity index (χ4v) is 2.83. The van der Waals surface area contributed by atoms with E-state index in [1.807, 2.05) is 13.0 Å². The summed E-state index contributed by atoms with van der Waals surface area (Å²) < 4.78 is 11.3. The van der Waals surface area contributed by atoms with Crippen LogP contribution >= 0.6 is 28.1 Å². The standard InChI is InChI=1S/C20H21BrN2O4S/c1-3-11-27-17-10-7-14(21)12-16(17)18(24)23-20(28)22-15-8-5-13(6-9-15)19(25)26-4-2/h5-10,12H,3-4,11H2,1-2H3,(H2,22,23,24,28). The van der Waals surface area contributed by atoms with Crippen LogP contribution in [0, 0.1) is 0 Å². The lowest BCUT2D eigenvalue weighted by Crippen LogP contribution is -2.34. The number of nitrogens with one attached hydrogen (secondary N) is 2. The van der Waals surface area contributed by atoms with Crippen LogP contribution in [0.15, 0.2) is 46.9 Å². The zero-order chi connectivity index (χ0) is 20.5. The second-order valence-corrected chi connectivity index (χ2v) is 7.02. The Morgan fingerprint density at radius 1 is 1.11 bits per heavy atom. The Hall–Kier alpha value is -2.45. The fraction of sp³-hybridized carbons (Fsp3) is 0.250. The zero-order valence-corrected chi connectivity index (χ0v) is 18.0. The van der Waals surface area contributed by atoms with Crippen molar-refractivity contribution >= 4 is 50.8 Å². The highest BCUT2D eigenvalue weighted by atomic mass is 79.9. The highest BCUT2D eigenvalue weighted by Crippen LogP contribution is 2.23. The summed E-state index contributed by atoms with van der Waals surface area (Å²) in [5.74, 6) is -0.281. The highest BCUT2D eigenvalue weighted by molar-refractivity contribution is 9.10. The molecule has 2 aromatic rings. The van der Waals surface area contributed by atoms with Crippen molar-refractivity contribution in [2.24, 2.45) is 0 Å². The first-order valence-corrected chi connectivity index (χ1v) is 9.96. The van der Waals surface area contributed by atoms with E-state index in [2.05, 4.69) is 26.6 Å². The molecule has 0 saturated heterocycles. The van der Waals surface area contributed by atoms with Crippen molar-refractivity contribution in [2.45, 2.75) is 20.3 Å². The Labute approximate surface area is 177 Å². The van der Waals surface area contributed by atoms with Gasteiger partial charge in [-0.1, -0.05) is 22.9 Å². The summed E-state index contributed by atoms with van der Waals surface area (Å²) in [6, 6.07) is 11.8. The van der Waals surface area contributed by atoms with Gasteiger partial charge in [0.25, 0.3) is 5.91 Å². The van der Waals surface area contributed by atoms with E-state index in [1.165, 1.54) is 0 Å². The van der Waals surface area contributed by atoms with Crippen molar-refractivity contribution in [1.29, 1.82) is 0 Å². The smallest absolute Gasteiger partial charge is 0.338 e. The van der Waals surface area contributed by atoms with Crippen LogP contribution in [-0.4, -0.2) is 30.2 Å². The molecular formula is C20H21BrN2O4S. The summed E-state index contributed by atoms with van der Waals surface area (Å²) in [6.45, 7) is 4.57. The van der Waals surface area contributed by atoms with Crippen LogP contribution in [0.1, 0.15) is 41.0 Å². The summed E-state index contributed by atoms with van der Waals surface area (Å²) in [4.78, 5) is 24.3. The summed E-state index contributed by atoms with van der Waals surface area (Å²) in [6.07, 6.45) is 0.832. The van der Waals surface area contributed by atoms with E-state index in [9.17, 15) is 9.59 Å². The number of carbonyl (C=O) groups is 2. The Balaban J connectivity index is 2.02. The van der Waals surface area contributed by atoms with Gasteiger partial charge in [-0.05, 0) is 68.0 Å². The molecule has 0 unspecified atom stereocenters. The van der Waals surface area contributed by atoms with E-state index in [-0.39, 0.29) is 17.0 Å². The number of esters is 1. The maximum atomic E-state index is 12.6. The number of hydrogen-bond acceptors (Lipinski definition) is 5. The van der Waals surface area contributed by atoms with E-state index in [1.54, 1.807) is 43.3 Å². The van der Waals surface area contributed by atoms with Crippen molar-refractivity contribution in [3.05, 3.63) is 58.1 Å². The minimum atomic E-state index is -0.390. The van der Waals surface area contributed by atoms with Crippen LogP contribution in [-0.2, 0) is 4.74 Å². The number of benzene rings is 2. The predicted octanol–water partition coefficient (Wildman–Crippen LogP) is 4.54. The molecule has 0 bridgehead atoms.